The first kappa shape index (κ1) is 18.9. The largest absolute Gasteiger partial charge is 0.488 e. The standard InChI is InChI=1S/C20H25N3O4/c1-20(2,3)27-19(25)23-10-6-8-16(23)18(24)22-21-12-14-11-15-7-4-5-9-17(15)26-13-14/h4-5,7,9,11-12,16H,6,8,10,13H2,1-3H3,(H,22,24)/t16-/m0/s1. The smallest absolute Gasteiger partial charge is 0.410 e. The van der Waals surface area contributed by atoms with E-state index in [-0.39, 0.29) is 5.91 Å². The van der Waals surface area contributed by atoms with Crippen molar-refractivity contribution in [1.29, 1.82) is 0 Å². The Morgan fingerprint density at radius 1 is 1.33 bits per heavy atom. The normalized spacial score (nSPS) is 19.3. The van der Waals surface area contributed by atoms with Gasteiger partial charge in [-0.15, -0.1) is 0 Å². The first-order chi connectivity index (χ1) is 12.8. The van der Waals surface area contributed by atoms with Gasteiger partial charge in [-0.25, -0.2) is 10.2 Å². The van der Waals surface area contributed by atoms with Crippen LogP contribution in [0, 0.1) is 0 Å². The van der Waals surface area contributed by atoms with E-state index in [4.69, 9.17) is 9.47 Å². The summed E-state index contributed by atoms with van der Waals surface area (Å²) in [4.78, 5) is 26.2. The summed E-state index contributed by atoms with van der Waals surface area (Å²) in [5.41, 5.74) is 3.76. The van der Waals surface area contributed by atoms with Gasteiger partial charge in [0, 0.05) is 17.7 Å². The van der Waals surface area contributed by atoms with Gasteiger partial charge in [-0.1, -0.05) is 18.2 Å². The van der Waals surface area contributed by atoms with E-state index in [0.29, 0.717) is 19.6 Å². The number of carbonyl (C=O) groups is 2. The Bertz CT molecular complexity index is 780. The van der Waals surface area contributed by atoms with Crippen molar-refractivity contribution in [3.8, 4) is 5.75 Å². The maximum Gasteiger partial charge on any atom is 0.410 e. The van der Waals surface area contributed by atoms with Crippen LogP contribution in [0.25, 0.3) is 6.08 Å². The molecule has 1 aromatic carbocycles. The molecular weight excluding hydrogens is 346 g/mol. The van der Waals surface area contributed by atoms with Gasteiger partial charge in [-0.3, -0.25) is 9.69 Å². The predicted octanol–water partition coefficient (Wildman–Crippen LogP) is 2.96. The Labute approximate surface area is 159 Å². The van der Waals surface area contributed by atoms with Crippen LogP contribution >= 0.6 is 0 Å². The number of fused-ring (bicyclic) bond motifs is 1. The lowest BCUT2D eigenvalue weighted by molar-refractivity contribution is -0.125. The highest BCUT2D eigenvalue weighted by atomic mass is 16.6. The molecule has 1 aromatic rings. The van der Waals surface area contributed by atoms with Crippen LogP contribution in [-0.2, 0) is 9.53 Å². The number of nitrogens with one attached hydrogen (secondary N) is 1. The van der Waals surface area contributed by atoms with Gasteiger partial charge < -0.3 is 9.47 Å². The topological polar surface area (TPSA) is 80.2 Å². The average Bonchev–Trinajstić information content (AvgIpc) is 3.10. The van der Waals surface area contributed by atoms with Crippen molar-refractivity contribution in [1.82, 2.24) is 10.3 Å². The van der Waals surface area contributed by atoms with Crippen LogP contribution in [0.5, 0.6) is 5.75 Å². The molecule has 3 rings (SSSR count). The first-order valence-corrected chi connectivity index (χ1v) is 9.08. The minimum Gasteiger partial charge on any atom is -0.488 e. The van der Waals surface area contributed by atoms with Gasteiger partial charge in [-0.2, -0.15) is 5.10 Å². The van der Waals surface area contributed by atoms with E-state index in [1.54, 1.807) is 27.0 Å². The van der Waals surface area contributed by atoms with Crippen LogP contribution < -0.4 is 10.2 Å². The predicted molar refractivity (Wildman–Crippen MR) is 103 cm³/mol. The maximum atomic E-state index is 12.4. The molecule has 0 saturated carbocycles. The molecule has 1 saturated heterocycles. The van der Waals surface area contributed by atoms with Gasteiger partial charge in [0.2, 0.25) is 0 Å². The van der Waals surface area contributed by atoms with E-state index in [1.807, 2.05) is 30.3 Å². The van der Waals surface area contributed by atoms with E-state index in [2.05, 4.69) is 10.5 Å². The summed E-state index contributed by atoms with van der Waals surface area (Å²) < 4.78 is 11.0. The number of amides is 2. The van der Waals surface area contributed by atoms with E-state index in [1.165, 1.54) is 4.90 Å². The van der Waals surface area contributed by atoms with Gasteiger partial charge in [0.05, 0.1) is 6.21 Å². The molecule has 0 spiro atoms. The van der Waals surface area contributed by atoms with E-state index in [9.17, 15) is 9.59 Å². The summed E-state index contributed by atoms with van der Waals surface area (Å²) in [5, 5.41) is 4.03. The third-order valence-corrected chi connectivity index (χ3v) is 4.24. The van der Waals surface area contributed by atoms with Gasteiger partial charge in [0.1, 0.15) is 24.0 Å². The third-order valence-electron chi connectivity index (χ3n) is 4.24. The van der Waals surface area contributed by atoms with Crippen molar-refractivity contribution >= 4 is 24.3 Å². The molecule has 1 fully saturated rings. The Balaban J connectivity index is 1.58. The number of para-hydroxylation sites is 1. The van der Waals surface area contributed by atoms with E-state index < -0.39 is 17.7 Å². The molecule has 0 bridgehead atoms. The molecule has 0 aromatic heterocycles. The molecule has 0 unspecified atom stereocenters. The number of ether oxygens (including phenoxy) is 2. The van der Waals surface area contributed by atoms with Crippen molar-refractivity contribution in [3.05, 3.63) is 35.4 Å². The molecule has 1 N–H and O–H groups in total. The summed E-state index contributed by atoms with van der Waals surface area (Å²) in [6.07, 6.45) is 4.43. The molecule has 27 heavy (non-hydrogen) atoms. The molecule has 144 valence electrons. The van der Waals surface area contributed by atoms with Crippen LogP contribution in [0.1, 0.15) is 39.2 Å². The van der Waals surface area contributed by atoms with Crippen LogP contribution in [0.2, 0.25) is 0 Å². The molecule has 0 aliphatic carbocycles. The minimum absolute atomic E-state index is 0.313. The van der Waals surface area contributed by atoms with Gasteiger partial charge in [0.25, 0.3) is 5.91 Å². The number of hydrogen-bond donors (Lipinski definition) is 1. The lowest BCUT2D eigenvalue weighted by Gasteiger charge is -2.27. The molecule has 2 amide bonds. The number of carbonyl (C=O) groups excluding carboxylic acids is 2. The van der Waals surface area contributed by atoms with E-state index >= 15 is 0 Å². The van der Waals surface area contributed by atoms with Crippen LogP contribution in [0.4, 0.5) is 4.79 Å². The van der Waals surface area contributed by atoms with E-state index in [0.717, 1.165) is 23.3 Å². The third kappa shape index (κ3) is 4.87. The van der Waals surface area contributed by atoms with Crippen molar-refractivity contribution in [2.45, 2.75) is 45.3 Å². The second-order valence-corrected chi connectivity index (χ2v) is 7.61. The second kappa shape index (κ2) is 7.82. The van der Waals surface area contributed by atoms with Gasteiger partial charge in [0.15, 0.2) is 0 Å². The quantitative estimate of drug-likeness (QED) is 0.654. The summed E-state index contributed by atoms with van der Waals surface area (Å²) in [6, 6.07) is 7.16. The zero-order valence-corrected chi connectivity index (χ0v) is 15.9. The number of benzene rings is 1. The lowest BCUT2D eigenvalue weighted by Crippen LogP contribution is -2.46. The van der Waals surface area contributed by atoms with Crippen LogP contribution in [-0.4, -0.2) is 47.9 Å². The lowest BCUT2D eigenvalue weighted by atomic mass is 10.1. The van der Waals surface area contributed by atoms with Crippen molar-refractivity contribution < 1.29 is 19.1 Å². The van der Waals surface area contributed by atoms with Crippen molar-refractivity contribution in [2.75, 3.05) is 13.2 Å². The molecule has 2 heterocycles. The molecule has 7 nitrogen and oxygen atoms in total. The second-order valence-electron chi connectivity index (χ2n) is 7.61. The molecule has 0 radical (unpaired) electrons. The zero-order valence-electron chi connectivity index (χ0n) is 15.9. The monoisotopic (exact) mass is 371 g/mol. The highest BCUT2D eigenvalue weighted by molar-refractivity contribution is 5.90. The fourth-order valence-electron chi connectivity index (χ4n) is 3.04. The fraction of sp³-hybridized carbons (Fsp3) is 0.450. The molecule has 1 atom stereocenters. The summed E-state index contributed by atoms with van der Waals surface area (Å²) in [6.45, 7) is 6.31. The average molecular weight is 371 g/mol. The van der Waals surface area contributed by atoms with Gasteiger partial charge >= 0.3 is 6.09 Å². The Morgan fingerprint density at radius 3 is 2.89 bits per heavy atom. The number of hydrazone groups is 1. The number of likely N-dealkylation sites (tertiary alicyclic amines) is 1. The number of rotatable bonds is 3. The van der Waals surface area contributed by atoms with Gasteiger partial charge in [-0.05, 0) is 45.8 Å². The summed E-state index contributed by atoms with van der Waals surface area (Å²) >= 11 is 0. The summed E-state index contributed by atoms with van der Waals surface area (Å²) in [5.74, 6) is 0.519. The maximum absolute atomic E-state index is 12.4. The molecule has 2 aliphatic rings. The van der Waals surface area contributed by atoms with Crippen molar-refractivity contribution in [2.24, 2.45) is 5.10 Å². The minimum atomic E-state index is -0.595. The Morgan fingerprint density at radius 2 is 2.11 bits per heavy atom. The fourth-order valence-corrected chi connectivity index (χ4v) is 3.04. The zero-order chi connectivity index (χ0) is 19.4. The summed E-state index contributed by atoms with van der Waals surface area (Å²) in [7, 11) is 0. The number of nitrogens with zero attached hydrogens (tertiary/aromatic N) is 2. The molecule has 7 heteroatoms. The Kier molecular flexibility index (Phi) is 5.48. The van der Waals surface area contributed by atoms with Crippen LogP contribution in [0.3, 0.4) is 0 Å². The first-order valence-electron chi connectivity index (χ1n) is 9.08. The SMILES string of the molecule is CC(C)(C)OC(=O)N1CCC[C@H]1C(=O)NN=CC1=Cc2ccccc2OC1. The van der Waals surface area contributed by atoms with Crippen molar-refractivity contribution in [3.63, 3.8) is 0 Å². The Hall–Kier alpha value is -2.83. The highest BCUT2D eigenvalue weighted by Crippen LogP contribution is 2.25. The molecular formula is C20H25N3O4. The van der Waals surface area contributed by atoms with Crippen LogP contribution in [0.15, 0.2) is 34.9 Å². The number of hydrogen-bond acceptors (Lipinski definition) is 5. The highest BCUT2D eigenvalue weighted by Gasteiger charge is 2.36. The molecule has 2 aliphatic heterocycles.